The minimum atomic E-state index is -1.35. The second kappa shape index (κ2) is 9.45. The van der Waals surface area contributed by atoms with E-state index in [2.05, 4.69) is 15.0 Å². The van der Waals surface area contributed by atoms with Gasteiger partial charge in [-0.25, -0.2) is 13.9 Å². The van der Waals surface area contributed by atoms with E-state index < -0.39 is 27.2 Å². The molecular formula is C26H28ClN3O4S2. The molecule has 0 radical (unpaired) electrons. The molecule has 1 aliphatic heterocycles. The molecule has 2 aliphatic rings. The molecule has 1 aromatic heterocycles. The van der Waals surface area contributed by atoms with Gasteiger partial charge in [-0.15, -0.1) is 0 Å². The van der Waals surface area contributed by atoms with Crippen molar-refractivity contribution >= 4 is 45.0 Å². The molecule has 190 valence electrons. The van der Waals surface area contributed by atoms with E-state index in [9.17, 15) is 9.00 Å². The van der Waals surface area contributed by atoms with Gasteiger partial charge in [0.1, 0.15) is 0 Å². The molecule has 7 nitrogen and oxygen atoms in total. The molecular weight excluding hydrogens is 518 g/mol. The summed E-state index contributed by atoms with van der Waals surface area (Å²) in [6, 6.07) is 12.7. The first-order valence-electron chi connectivity index (χ1n) is 11.7. The molecule has 2 heterocycles. The average Bonchev–Trinajstić information content (AvgIpc) is 3.38. The van der Waals surface area contributed by atoms with Crippen LogP contribution in [0.1, 0.15) is 61.4 Å². The first kappa shape index (κ1) is 25.2. The maximum absolute atomic E-state index is 13.4. The fourth-order valence-electron chi connectivity index (χ4n) is 4.16. The van der Waals surface area contributed by atoms with Gasteiger partial charge < -0.3 is 14.8 Å². The number of benzene rings is 2. The SMILES string of the molecule is Cc1nc(NC(=O)C2(c3ccc4c(c3)OCO4)CC2)sc1C(N[S@](=O)C(C)(C)C)c1ccccc1Cl. The zero-order chi connectivity index (χ0) is 25.7. The second-order valence-corrected chi connectivity index (χ2v) is 13.5. The predicted molar refractivity (Wildman–Crippen MR) is 143 cm³/mol. The minimum absolute atomic E-state index is 0.0952. The number of carbonyl (C=O) groups excluding carboxylic acids is 1. The van der Waals surface area contributed by atoms with Crippen molar-refractivity contribution in [1.82, 2.24) is 9.71 Å². The number of carbonyl (C=O) groups is 1. The number of amides is 1. The third kappa shape index (κ3) is 4.77. The molecule has 0 spiro atoms. The average molecular weight is 546 g/mol. The van der Waals surface area contributed by atoms with Crippen LogP contribution < -0.4 is 19.5 Å². The zero-order valence-corrected chi connectivity index (χ0v) is 22.9. The quantitative estimate of drug-likeness (QED) is 0.401. The van der Waals surface area contributed by atoms with Crippen LogP contribution in [0.15, 0.2) is 42.5 Å². The normalized spacial score (nSPS) is 17.5. The lowest BCUT2D eigenvalue weighted by atomic mass is 9.94. The summed E-state index contributed by atoms with van der Waals surface area (Å²) < 4.78 is 26.7. The lowest BCUT2D eigenvalue weighted by Crippen LogP contribution is -2.36. The van der Waals surface area contributed by atoms with Crippen molar-refractivity contribution < 1.29 is 18.5 Å². The number of nitrogens with zero attached hydrogens (tertiary/aromatic N) is 1. The second-order valence-electron chi connectivity index (χ2n) is 10.0. The number of anilines is 1. The highest BCUT2D eigenvalue weighted by Gasteiger charge is 2.52. The van der Waals surface area contributed by atoms with Crippen LogP contribution in [0.3, 0.4) is 0 Å². The van der Waals surface area contributed by atoms with Crippen LogP contribution in [0, 0.1) is 6.92 Å². The number of rotatable bonds is 7. The van der Waals surface area contributed by atoms with Gasteiger partial charge in [-0.05, 0) is 69.9 Å². The summed E-state index contributed by atoms with van der Waals surface area (Å²) in [4.78, 5) is 18.9. The molecule has 5 rings (SSSR count). The first-order valence-corrected chi connectivity index (χ1v) is 14.0. The van der Waals surface area contributed by atoms with Gasteiger partial charge >= 0.3 is 0 Å². The summed E-state index contributed by atoms with van der Waals surface area (Å²) in [7, 11) is -1.35. The highest BCUT2D eigenvalue weighted by molar-refractivity contribution is 7.84. The monoisotopic (exact) mass is 545 g/mol. The maximum atomic E-state index is 13.4. The van der Waals surface area contributed by atoms with E-state index in [1.54, 1.807) is 0 Å². The van der Waals surface area contributed by atoms with E-state index in [-0.39, 0.29) is 12.7 Å². The Kier molecular flexibility index (Phi) is 6.61. The molecule has 0 bridgehead atoms. The van der Waals surface area contributed by atoms with E-state index >= 15 is 0 Å². The lowest BCUT2D eigenvalue weighted by molar-refractivity contribution is -0.118. The van der Waals surface area contributed by atoms with Gasteiger partial charge in [0.25, 0.3) is 0 Å². The first-order chi connectivity index (χ1) is 17.1. The fraction of sp³-hybridized carbons (Fsp3) is 0.385. The molecule has 3 aromatic rings. The Bertz CT molecular complexity index is 1350. The Hall–Kier alpha value is -2.46. The van der Waals surface area contributed by atoms with Gasteiger partial charge in [0.15, 0.2) is 16.6 Å². The third-order valence-corrected chi connectivity index (χ3v) is 9.47. The summed E-state index contributed by atoms with van der Waals surface area (Å²) in [6.07, 6.45) is 1.51. The molecule has 2 N–H and O–H groups in total. The van der Waals surface area contributed by atoms with Crippen molar-refractivity contribution in [3.8, 4) is 11.5 Å². The molecule has 1 unspecified atom stereocenters. The third-order valence-electron chi connectivity index (χ3n) is 6.42. The molecule has 10 heteroatoms. The summed E-state index contributed by atoms with van der Waals surface area (Å²) in [5, 5.41) is 4.10. The fourth-order valence-corrected chi connectivity index (χ4v) is 6.33. The number of aromatic nitrogens is 1. The molecule has 1 aliphatic carbocycles. The van der Waals surface area contributed by atoms with Crippen molar-refractivity contribution in [2.45, 2.75) is 56.7 Å². The van der Waals surface area contributed by atoms with Gasteiger partial charge in [0.2, 0.25) is 12.7 Å². The summed E-state index contributed by atoms with van der Waals surface area (Å²) >= 11 is 7.91. The van der Waals surface area contributed by atoms with E-state index in [0.717, 1.165) is 34.5 Å². The lowest BCUT2D eigenvalue weighted by Gasteiger charge is -2.25. The molecule has 1 amide bonds. The molecule has 2 atom stereocenters. The van der Waals surface area contributed by atoms with Crippen molar-refractivity contribution in [2.24, 2.45) is 0 Å². The van der Waals surface area contributed by atoms with E-state index in [4.69, 9.17) is 21.1 Å². The van der Waals surface area contributed by atoms with Crippen LogP contribution >= 0.6 is 22.9 Å². The predicted octanol–water partition coefficient (Wildman–Crippen LogP) is 5.65. The number of hydrogen-bond acceptors (Lipinski definition) is 6. The van der Waals surface area contributed by atoms with Crippen molar-refractivity contribution in [1.29, 1.82) is 0 Å². The number of halogens is 1. The smallest absolute Gasteiger partial charge is 0.236 e. The molecule has 36 heavy (non-hydrogen) atoms. The van der Waals surface area contributed by atoms with Gasteiger partial charge in [-0.2, -0.15) is 0 Å². The zero-order valence-electron chi connectivity index (χ0n) is 20.5. The van der Waals surface area contributed by atoms with E-state index in [1.165, 1.54) is 11.3 Å². The molecule has 1 saturated carbocycles. The van der Waals surface area contributed by atoms with Gasteiger partial charge in [0, 0.05) is 5.02 Å². The van der Waals surface area contributed by atoms with E-state index in [0.29, 0.717) is 21.7 Å². The number of nitrogens with one attached hydrogen (secondary N) is 2. The Morgan fingerprint density at radius 1 is 1.17 bits per heavy atom. The number of fused-ring (bicyclic) bond motifs is 1. The highest BCUT2D eigenvalue weighted by atomic mass is 35.5. The van der Waals surface area contributed by atoms with Crippen LogP contribution in [-0.4, -0.2) is 26.6 Å². The summed E-state index contributed by atoms with van der Waals surface area (Å²) in [5.74, 6) is 1.27. The van der Waals surface area contributed by atoms with Crippen LogP contribution in [0.4, 0.5) is 5.13 Å². The van der Waals surface area contributed by atoms with Gasteiger partial charge in [0.05, 0.1) is 37.8 Å². The summed E-state index contributed by atoms with van der Waals surface area (Å²) in [5.41, 5.74) is 1.86. The topological polar surface area (TPSA) is 89.6 Å². The Labute approximate surface area is 222 Å². The van der Waals surface area contributed by atoms with Gasteiger partial charge in [-0.3, -0.25) is 4.79 Å². The molecule has 1 fully saturated rings. The van der Waals surface area contributed by atoms with E-state index in [1.807, 2.05) is 70.2 Å². The minimum Gasteiger partial charge on any atom is -0.454 e. The van der Waals surface area contributed by atoms with Crippen molar-refractivity contribution in [3.63, 3.8) is 0 Å². The standard InChI is InChI=1S/C26H28ClN3O4S2/c1-15-22(21(30-36(32)25(2,3)4)17-7-5-6-8-18(17)27)35-24(28-15)29-23(31)26(11-12-26)16-9-10-19-20(13-16)34-14-33-19/h5-10,13,21,30H,11-12,14H2,1-4H3,(H,28,29,31)/t21?,36-/m1/s1. The Balaban J connectivity index is 1.42. The van der Waals surface area contributed by atoms with Crippen LogP contribution in [0.25, 0.3) is 0 Å². The summed E-state index contributed by atoms with van der Waals surface area (Å²) in [6.45, 7) is 7.82. The number of ether oxygens (including phenoxy) is 2. The van der Waals surface area contributed by atoms with Crippen molar-refractivity contribution in [3.05, 3.63) is 69.2 Å². The van der Waals surface area contributed by atoms with Crippen LogP contribution in [0.2, 0.25) is 5.02 Å². The van der Waals surface area contributed by atoms with Crippen LogP contribution in [-0.2, 0) is 21.2 Å². The Morgan fingerprint density at radius 3 is 2.58 bits per heavy atom. The molecule has 0 saturated heterocycles. The van der Waals surface area contributed by atoms with Crippen molar-refractivity contribution in [2.75, 3.05) is 12.1 Å². The molecule has 2 aromatic carbocycles. The largest absolute Gasteiger partial charge is 0.454 e. The van der Waals surface area contributed by atoms with Crippen LogP contribution in [0.5, 0.6) is 11.5 Å². The number of hydrogen-bond donors (Lipinski definition) is 2. The number of thiazole rings is 1. The maximum Gasteiger partial charge on any atom is 0.236 e. The Morgan fingerprint density at radius 2 is 1.89 bits per heavy atom. The number of aryl methyl sites for hydroxylation is 1. The van der Waals surface area contributed by atoms with Gasteiger partial charge in [-0.1, -0.05) is 47.2 Å². The highest BCUT2D eigenvalue weighted by Crippen LogP contribution is 2.51.